The maximum Gasteiger partial charge on any atom is 0.265 e. The summed E-state index contributed by atoms with van der Waals surface area (Å²) in [7, 11) is 0. The second kappa shape index (κ2) is 10.2. The topological polar surface area (TPSA) is 79.4 Å². The third kappa shape index (κ3) is 4.97. The fourth-order valence-electron chi connectivity index (χ4n) is 5.20. The zero-order valence-corrected chi connectivity index (χ0v) is 20.6. The number of thiazole rings is 1. The molecule has 35 heavy (non-hydrogen) atoms. The highest BCUT2D eigenvalue weighted by molar-refractivity contribution is 7.17. The fraction of sp³-hybridized carbons (Fsp3) is 0.357. The summed E-state index contributed by atoms with van der Waals surface area (Å²) in [5, 5.41) is 4.08. The van der Waals surface area contributed by atoms with Crippen LogP contribution in [0.4, 0.5) is 0 Å². The van der Waals surface area contributed by atoms with Gasteiger partial charge in [-0.15, -0.1) is 11.3 Å². The van der Waals surface area contributed by atoms with Gasteiger partial charge >= 0.3 is 0 Å². The quantitative estimate of drug-likeness (QED) is 0.582. The Kier molecular flexibility index (Phi) is 6.88. The first-order chi connectivity index (χ1) is 17.0. The predicted molar refractivity (Wildman–Crippen MR) is 137 cm³/mol. The molecule has 0 aliphatic carbocycles. The summed E-state index contributed by atoms with van der Waals surface area (Å²) in [4.78, 5) is 46.3. The standard InChI is InChI=1S/C28H29N3O3S/c1-18-26(35-27(30-18)20-10-6-3-7-11-20)28(34)31-15-13-22(23(17-31)19-8-4-2-5-9-19)25(33)24-16-21(32)12-14-29-24/h2-11,22-24,29H,12-17H2,1H3/t22-,23+,24?/m1/s1. The van der Waals surface area contributed by atoms with E-state index in [4.69, 9.17) is 0 Å². The van der Waals surface area contributed by atoms with E-state index in [0.29, 0.717) is 37.4 Å². The van der Waals surface area contributed by atoms with E-state index in [2.05, 4.69) is 10.3 Å². The van der Waals surface area contributed by atoms with E-state index >= 15 is 0 Å². The number of ketones is 2. The largest absolute Gasteiger partial charge is 0.337 e. The van der Waals surface area contributed by atoms with Gasteiger partial charge < -0.3 is 10.2 Å². The minimum absolute atomic E-state index is 0.0278. The van der Waals surface area contributed by atoms with Crippen LogP contribution in [0.1, 0.15) is 46.1 Å². The molecule has 2 fully saturated rings. The number of nitrogens with zero attached hydrogens (tertiary/aromatic N) is 2. The highest BCUT2D eigenvalue weighted by Crippen LogP contribution is 2.36. The molecule has 0 spiro atoms. The fourth-order valence-corrected chi connectivity index (χ4v) is 6.24. The van der Waals surface area contributed by atoms with Gasteiger partial charge in [0.15, 0.2) is 5.78 Å². The van der Waals surface area contributed by atoms with Crippen molar-refractivity contribution in [2.75, 3.05) is 19.6 Å². The van der Waals surface area contributed by atoms with Gasteiger partial charge in [0.05, 0.1) is 11.7 Å². The van der Waals surface area contributed by atoms with Crippen LogP contribution in [0.25, 0.3) is 10.6 Å². The molecule has 180 valence electrons. The van der Waals surface area contributed by atoms with Gasteiger partial charge in [-0.25, -0.2) is 4.98 Å². The monoisotopic (exact) mass is 487 g/mol. The molecule has 1 N–H and O–H groups in total. The Hall–Kier alpha value is -3.16. The van der Waals surface area contributed by atoms with Gasteiger partial charge in [-0.05, 0) is 18.9 Å². The molecule has 1 unspecified atom stereocenters. The van der Waals surface area contributed by atoms with Crippen LogP contribution in [0.2, 0.25) is 0 Å². The Morgan fingerprint density at radius 1 is 1.06 bits per heavy atom. The maximum atomic E-state index is 13.6. The number of likely N-dealkylation sites (tertiary alicyclic amines) is 1. The van der Waals surface area contributed by atoms with Crippen LogP contribution in [0.3, 0.4) is 0 Å². The van der Waals surface area contributed by atoms with E-state index in [0.717, 1.165) is 21.8 Å². The molecule has 3 heterocycles. The molecule has 5 rings (SSSR count). The number of benzene rings is 2. The molecule has 3 atom stereocenters. The van der Waals surface area contributed by atoms with Crippen molar-refractivity contribution in [3.05, 3.63) is 76.8 Å². The van der Waals surface area contributed by atoms with Crippen molar-refractivity contribution in [1.29, 1.82) is 0 Å². The van der Waals surface area contributed by atoms with Crippen LogP contribution < -0.4 is 5.32 Å². The van der Waals surface area contributed by atoms with Gasteiger partial charge in [0.1, 0.15) is 15.7 Å². The van der Waals surface area contributed by atoms with E-state index in [9.17, 15) is 14.4 Å². The molecule has 2 aromatic carbocycles. The minimum atomic E-state index is -0.424. The molecule has 2 aliphatic rings. The van der Waals surface area contributed by atoms with E-state index in [1.807, 2.05) is 72.5 Å². The van der Waals surface area contributed by atoms with Crippen LogP contribution in [0.15, 0.2) is 60.7 Å². The lowest BCUT2D eigenvalue weighted by atomic mass is 9.75. The lowest BCUT2D eigenvalue weighted by Crippen LogP contribution is -2.51. The summed E-state index contributed by atoms with van der Waals surface area (Å²) < 4.78 is 0. The molecule has 1 aromatic heterocycles. The van der Waals surface area contributed by atoms with E-state index in [-0.39, 0.29) is 35.7 Å². The van der Waals surface area contributed by atoms with Gasteiger partial charge in [-0.3, -0.25) is 14.4 Å². The summed E-state index contributed by atoms with van der Waals surface area (Å²) in [5.74, 6) is -0.130. The molecule has 6 nitrogen and oxygen atoms in total. The number of amides is 1. The third-order valence-corrected chi connectivity index (χ3v) is 8.27. The molecule has 1 amide bonds. The van der Waals surface area contributed by atoms with Crippen LogP contribution in [-0.4, -0.2) is 53.0 Å². The number of nitrogens with one attached hydrogen (secondary N) is 1. The summed E-state index contributed by atoms with van der Waals surface area (Å²) in [5.41, 5.74) is 2.79. The molecule has 0 radical (unpaired) electrons. The second-order valence-corrected chi connectivity index (χ2v) is 10.4. The molecule has 0 bridgehead atoms. The SMILES string of the molecule is Cc1nc(-c2ccccc2)sc1C(=O)N1CC[C@@H](C(=O)C2CC(=O)CCN2)[C@H](c2ccccc2)C1. The highest BCUT2D eigenvalue weighted by atomic mass is 32.1. The molecule has 2 saturated heterocycles. The maximum absolute atomic E-state index is 13.6. The van der Waals surface area contributed by atoms with Crippen molar-refractivity contribution in [2.45, 2.75) is 38.1 Å². The summed E-state index contributed by atoms with van der Waals surface area (Å²) >= 11 is 1.42. The minimum Gasteiger partial charge on any atom is -0.337 e. The van der Waals surface area contributed by atoms with Crippen LogP contribution in [-0.2, 0) is 9.59 Å². The smallest absolute Gasteiger partial charge is 0.265 e. The van der Waals surface area contributed by atoms with Crippen molar-refractivity contribution >= 4 is 28.8 Å². The lowest BCUT2D eigenvalue weighted by molar-refractivity contribution is -0.131. The highest BCUT2D eigenvalue weighted by Gasteiger charge is 2.40. The zero-order chi connectivity index (χ0) is 24.4. The summed E-state index contributed by atoms with van der Waals surface area (Å²) in [6, 6.07) is 19.4. The van der Waals surface area contributed by atoms with Gasteiger partial charge in [-0.1, -0.05) is 60.7 Å². The summed E-state index contributed by atoms with van der Waals surface area (Å²) in [6.45, 7) is 3.42. The van der Waals surface area contributed by atoms with Crippen LogP contribution in [0, 0.1) is 12.8 Å². The Morgan fingerprint density at radius 2 is 1.77 bits per heavy atom. The molecular weight excluding hydrogens is 458 g/mol. The van der Waals surface area contributed by atoms with Crippen molar-refractivity contribution < 1.29 is 14.4 Å². The normalized spacial score (nSPS) is 22.7. The number of carbonyl (C=O) groups is 3. The number of aromatic nitrogens is 1. The molecule has 0 saturated carbocycles. The number of aryl methyl sites for hydroxylation is 1. The average molecular weight is 488 g/mol. The number of carbonyl (C=O) groups excluding carboxylic acids is 3. The Morgan fingerprint density at radius 3 is 2.49 bits per heavy atom. The molecule has 3 aromatic rings. The first-order valence-corrected chi connectivity index (χ1v) is 13.0. The predicted octanol–water partition coefficient (Wildman–Crippen LogP) is 4.25. The number of hydrogen-bond acceptors (Lipinski definition) is 6. The van der Waals surface area contributed by atoms with Crippen molar-refractivity contribution in [3.63, 3.8) is 0 Å². The van der Waals surface area contributed by atoms with Gasteiger partial charge in [0.2, 0.25) is 0 Å². The molecule has 7 heteroatoms. The van der Waals surface area contributed by atoms with Gasteiger partial charge in [0.25, 0.3) is 5.91 Å². The lowest BCUT2D eigenvalue weighted by Gasteiger charge is -2.39. The average Bonchev–Trinajstić information content (AvgIpc) is 3.30. The third-order valence-electron chi connectivity index (χ3n) is 7.07. The van der Waals surface area contributed by atoms with Crippen molar-refractivity contribution in [1.82, 2.24) is 15.2 Å². The first-order valence-electron chi connectivity index (χ1n) is 12.2. The summed E-state index contributed by atoms with van der Waals surface area (Å²) in [6.07, 6.45) is 1.33. The van der Waals surface area contributed by atoms with E-state index in [1.165, 1.54) is 11.3 Å². The number of Topliss-reactive ketones (excluding diaryl/α,β-unsaturated/α-hetero) is 2. The van der Waals surface area contributed by atoms with Crippen LogP contribution >= 0.6 is 11.3 Å². The Balaban J connectivity index is 1.39. The van der Waals surface area contributed by atoms with Crippen LogP contribution in [0.5, 0.6) is 0 Å². The number of rotatable bonds is 5. The first kappa shape index (κ1) is 23.6. The van der Waals surface area contributed by atoms with Gasteiger partial charge in [0, 0.05) is 49.9 Å². The number of piperidine rings is 2. The Labute approximate surface area is 209 Å². The number of hydrogen-bond donors (Lipinski definition) is 1. The Bertz CT molecular complexity index is 1220. The van der Waals surface area contributed by atoms with Gasteiger partial charge in [-0.2, -0.15) is 0 Å². The molecule has 2 aliphatic heterocycles. The van der Waals surface area contributed by atoms with Crippen molar-refractivity contribution in [2.24, 2.45) is 5.92 Å². The second-order valence-electron chi connectivity index (χ2n) is 9.36. The molecular formula is C28H29N3O3S. The van der Waals surface area contributed by atoms with Crippen molar-refractivity contribution in [3.8, 4) is 10.6 Å². The zero-order valence-electron chi connectivity index (χ0n) is 19.8. The van der Waals surface area contributed by atoms with E-state index < -0.39 is 6.04 Å². The van der Waals surface area contributed by atoms with E-state index in [1.54, 1.807) is 0 Å².